The molecule has 0 radical (unpaired) electrons. The van der Waals surface area contributed by atoms with E-state index in [0.717, 1.165) is 11.6 Å². The number of alkyl halides is 3. The van der Waals surface area contributed by atoms with Gasteiger partial charge in [0.1, 0.15) is 17.0 Å². The number of hydrogen-bond acceptors (Lipinski definition) is 7. The van der Waals surface area contributed by atoms with Gasteiger partial charge in [-0.3, -0.25) is 4.79 Å². The number of likely N-dealkylation sites (tertiary alicyclic amines) is 1. The number of aromatic nitrogens is 2. The number of halogens is 5. The summed E-state index contributed by atoms with van der Waals surface area (Å²) in [6, 6.07) is 10.3. The van der Waals surface area contributed by atoms with Crippen molar-refractivity contribution < 1.29 is 32.2 Å². The number of piperidine rings is 1. The van der Waals surface area contributed by atoms with Crippen LogP contribution in [-0.4, -0.2) is 51.7 Å². The van der Waals surface area contributed by atoms with Crippen molar-refractivity contribution in [2.45, 2.75) is 37.6 Å². The van der Waals surface area contributed by atoms with E-state index >= 15 is 0 Å². The number of benzene rings is 2. The summed E-state index contributed by atoms with van der Waals surface area (Å²) >= 11 is 12.1. The summed E-state index contributed by atoms with van der Waals surface area (Å²) in [7, 11) is 1.33. The molecule has 0 aliphatic carbocycles. The molecule has 0 unspecified atom stereocenters. The fraction of sp³-hybridized carbons (Fsp3) is 0.321. The lowest BCUT2D eigenvalue weighted by molar-refractivity contribution is -0.140. The maximum Gasteiger partial charge on any atom is 0.433 e. The Labute approximate surface area is 242 Å². The Balaban J connectivity index is 1.39. The number of nitrogens with zero attached hydrogens (tertiary/aromatic N) is 3. The van der Waals surface area contributed by atoms with Crippen molar-refractivity contribution >= 4 is 40.0 Å². The van der Waals surface area contributed by atoms with Crippen molar-refractivity contribution in [2.24, 2.45) is 5.73 Å². The van der Waals surface area contributed by atoms with Gasteiger partial charge in [-0.05, 0) is 54.8 Å². The van der Waals surface area contributed by atoms with Gasteiger partial charge in [0.2, 0.25) is 5.89 Å². The Bertz CT molecular complexity index is 1620. The highest BCUT2D eigenvalue weighted by Gasteiger charge is 2.36. The van der Waals surface area contributed by atoms with E-state index in [-0.39, 0.29) is 48.2 Å². The van der Waals surface area contributed by atoms with Gasteiger partial charge in [0.15, 0.2) is 11.5 Å². The molecule has 3 heterocycles. The third kappa shape index (κ3) is 5.85. The molecule has 0 saturated carbocycles. The molecule has 1 saturated heterocycles. The topological polar surface area (TPSA) is 115 Å². The minimum Gasteiger partial charge on any atom is -0.494 e. The minimum absolute atomic E-state index is 0.00117. The van der Waals surface area contributed by atoms with Crippen LogP contribution in [0.4, 0.5) is 13.2 Å². The summed E-state index contributed by atoms with van der Waals surface area (Å²) in [6.45, 7) is 0.394. The molecule has 4 aromatic rings. The van der Waals surface area contributed by atoms with E-state index in [1.807, 2.05) is 0 Å². The number of carbonyl (C=O) groups is 1. The van der Waals surface area contributed by atoms with Crippen molar-refractivity contribution in [1.82, 2.24) is 14.9 Å². The first-order valence-electron chi connectivity index (χ1n) is 12.6. The van der Waals surface area contributed by atoms with Crippen LogP contribution >= 0.6 is 23.2 Å². The molecule has 0 spiro atoms. The minimum atomic E-state index is -4.65. The highest BCUT2D eigenvalue weighted by molar-refractivity contribution is 6.42. The van der Waals surface area contributed by atoms with E-state index in [4.69, 9.17) is 38.1 Å². The number of ether oxygens (including phenoxy) is 1. The first-order chi connectivity index (χ1) is 19.4. The summed E-state index contributed by atoms with van der Waals surface area (Å²) < 4.78 is 51.0. The molecule has 13 heteroatoms. The van der Waals surface area contributed by atoms with Crippen LogP contribution < -0.4 is 10.5 Å². The van der Waals surface area contributed by atoms with Crippen LogP contribution in [0.2, 0.25) is 10.0 Å². The molecule has 0 atom stereocenters. The number of carbonyl (C=O) groups excluding carboxylic acids is 1. The molecular weight excluding hydrogens is 584 g/mol. The van der Waals surface area contributed by atoms with Gasteiger partial charge < -0.3 is 24.9 Å². The molecule has 1 aliphatic rings. The van der Waals surface area contributed by atoms with Crippen LogP contribution in [-0.2, 0) is 19.1 Å². The monoisotopic (exact) mass is 608 g/mol. The zero-order valence-corrected chi connectivity index (χ0v) is 23.3. The van der Waals surface area contributed by atoms with Crippen molar-refractivity contribution in [3.05, 3.63) is 75.2 Å². The molecule has 3 N–H and O–H groups in total. The molecule has 1 aliphatic heterocycles. The maximum absolute atomic E-state index is 13.5. The molecule has 216 valence electrons. The lowest BCUT2D eigenvalue weighted by Gasteiger charge is -2.38. The van der Waals surface area contributed by atoms with E-state index < -0.39 is 23.4 Å². The number of amides is 1. The van der Waals surface area contributed by atoms with Gasteiger partial charge in [-0.25, -0.2) is 9.97 Å². The largest absolute Gasteiger partial charge is 0.494 e. The molecule has 41 heavy (non-hydrogen) atoms. The number of rotatable bonds is 6. The Morgan fingerprint density at radius 1 is 1.12 bits per heavy atom. The number of hydrogen-bond donors (Lipinski definition) is 2. The highest BCUT2D eigenvalue weighted by Crippen LogP contribution is 2.37. The number of fused-ring (bicyclic) bond motifs is 1. The third-order valence-electron chi connectivity index (χ3n) is 7.14. The molecule has 2 aromatic heterocycles. The van der Waals surface area contributed by atoms with E-state index in [1.54, 1.807) is 29.2 Å². The lowest BCUT2D eigenvalue weighted by atomic mass is 9.85. The molecule has 1 amide bonds. The molecular formula is C28H25Cl2F3N4O4. The number of aliphatic hydroxyl groups is 1. The van der Waals surface area contributed by atoms with E-state index in [9.17, 15) is 23.1 Å². The summed E-state index contributed by atoms with van der Waals surface area (Å²) in [6.07, 6.45) is -3.66. The van der Waals surface area contributed by atoms with Crippen LogP contribution in [0.15, 0.2) is 46.9 Å². The van der Waals surface area contributed by atoms with Gasteiger partial charge in [-0.1, -0.05) is 29.3 Å². The van der Waals surface area contributed by atoms with Gasteiger partial charge in [0.05, 0.1) is 29.3 Å². The summed E-state index contributed by atoms with van der Waals surface area (Å²) in [4.78, 5) is 23.2. The van der Waals surface area contributed by atoms with Gasteiger partial charge in [-0.2, -0.15) is 13.2 Å². The number of nitrogens with two attached hydrogens (primary N) is 1. The van der Waals surface area contributed by atoms with Crippen molar-refractivity contribution in [2.75, 3.05) is 20.2 Å². The molecule has 0 bridgehead atoms. The summed E-state index contributed by atoms with van der Waals surface area (Å²) in [5.74, 6) is -0.146. The predicted octanol–water partition coefficient (Wildman–Crippen LogP) is 5.89. The Morgan fingerprint density at radius 3 is 2.49 bits per heavy atom. The normalized spacial score (nSPS) is 15.4. The molecule has 5 rings (SSSR count). The Kier molecular flexibility index (Phi) is 7.90. The van der Waals surface area contributed by atoms with Gasteiger partial charge in [0, 0.05) is 30.5 Å². The van der Waals surface area contributed by atoms with Crippen LogP contribution in [0.1, 0.15) is 40.3 Å². The van der Waals surface area contributed by atoms with Gasteiger partial charge in [0.25, 0.3) is 5.91 Å². The average Bonchev–Trinajstić information content (AvgIpc) is 3.38. The fourth-order valence-electron chi connectivity index (χ4n) is 4.96. The van der Waals surface area contributed by atoms with Crippen molar-refractivity contribution in [3.63, 3.8) is 0 Å². The first-order valence-corrected chi connectivity index (χ1v) is 13.4. The van der Waals surface area contributed by atoms with Crippen LogP contribution in [0.25, 0.3) is 22.4 Å². The quantitative estimate of drug-likeness (QED) is 0.280. The number of methoxy groups -OCH3 is 1. The summed E-state index contributed by atoms with van der Waals surface area (Å²) in [5, 5.41) is 12.3. The second kappa shape index (κ2) is 11.1. The second-order valence-electron chi connectivity index (χ2n) is 9.84. The fourth-order valence-corrected chi connectivity index (χ4v) is 5.28. The highest BCUT2D eigenvalue weighted by atomic mass is 35.5. The third-order valence-corrected chi connectivity index (χ3v) is 7.88. The van der Waals surface area contributed by atoms with Crippen molar-refractivity contribution in [3.8, 4) is 17.2 Å². The Morgan fingerprint density at radius 2 is 1.85 bits per heavy atom. The molecule has 2 aromatic carbocycles. The van der Waals surface area contributed by atoms with Crippen molar-refractivity contribution in [1.29, 1.82) is 0 Å². The molecule has 1 fully saturated rings. The summed E-state index contributed by atoms with van der Waals surface area (Å²) in [5.41, 5.74) is 4.88. The number of oxazole rings is 1. The standard InChI is InChI=1S/C28H25Cl2F3N4O4/c1-40-20-6-3-17(16-4-7-22(28(31,32)33)35-23(16)20)25-36-24(21(14-34)41-25)26(38)37-10-8-27(39,9-11-37)13-15-2-5-18(29)19(30)12-15/h2-7,12,39H,8-11,13-14,34H2,1H3. The Hall–Kier alpha value is -3.38. The second-order valence-corrected chi connectivity index (χ2v) is 10.7. The van der Waals surface area contributed by atoms with Gasteiger partial charge >= 0.3 is 6.18 Å². The van der Waals surface area contributed by atoms with Crippen LogP contribution in [0.3, 0.4) is 0 Å². The van der Waals surface area contributed by atoms with Crippen LogP contribution in [0, 0.1) is 0 Å². The van der Waals surface area contributed by atoms with E-state index in [2.05, 4.69) is 9.97 Å². The van der Waals surface area contributed by atoms with Gasteiger partial charge in [-0.15, -0.1) is 0 Å². The number of pyridine rings is 1. The zero-order chi connectivity index (χ0) is 29.5. The SMILES string of the molecule is COc1ccc(-c2nc(C(=O)N3CCC(O)(Cc4ccc(Cl)c(Cl)c4)CC3)c(CN)o2)c2ccc(C(F)(F)F)nc12. The molecule has 8 nitrogen and oxygen atoms in total. The van der Waals surface area contributed by atoms with E-state index in [1.165, 1.54) is 19.2 Å². The first kappa shape index (κ1) is 29.1. The van der Waals surface area contributed by atoms with E-state index in [0.29, 0.717) is 40.3 Å². The smallest absolute Gasteiger partial charge is 0.433 e. The maximum atomic E-state index is 13.5. The predicted molar refractivity (Wildman–Crippen MR) is 147 cm³/mol. The zero-order valence-electron chi connectivity index (χ0n) is 21.8. The lowest BCUT2D eigenvalue weighted by Crippen LogP contribution is -2.48. The van der Waals surface area contributed by atoms with Crippen LogP contribution in [0.5, 0.6) is 5.75 Å². The average molecular weight is 609 g/mol.